The van der Waals surface area contributed by atoms with Crippen LogP contribution in [-0.2, 0) is 9.59 Å². The molecule has 0 radical (unpaired) electrons. The number of aliphatic imine (C=N–C) groups is 1. The topological polar surface area (TPSA) is 88.0 Å². The predicted molar refractivity (Wildman–Crippen MR) is 111 cm³/mol. The average molecular weight is 396 g/mol. The van der Waals surface area contributed by atoms with E-state index in [0.29, 0.717) is 27.8 Å². The van der Waals surface area contributed by atoms with Crippen molar-refractivity contribution in [3.63, 3.8) is 0 Å². The summed E-state index contributed by atoms with van der Waals surface area (Å²) in [7, 11) is 0. The van der Waals surface area contributed by atoms with Gasteiger partial charge < -0.3 is 15.2 Å². The fourth-order valence-corrected chi connectivity index (χ4v) is 3.36. The van der Waals surface area contributed by atoms with Gasteiger partial charge in [-0.15, -0.1) is 0 Å². The van der Waals surface area contributed by atoms with Crippen LogP contribution in [0.1, 0.15) is 24.5 Å². The second-order valence-electron chi connectivity index (χ2n) is 6.21. The van der Waals surface area contributed by atoms with Crippen LogP contribution in [0.5, 0.6) is 5.75 Å². The number of amidine groups is 1. The Bertz CT molecular complexity index is 951. The summed E-state index contributed by atoms with van der Waals surface area (Å²) in [5, 5.41) is 12.5. The van der Waals surface area contributed by atoms with Crippen LogP contribution < -0.4 is 10.1 Å². The van der Waals surface area contributed by atoms with E-state index in [1.807, 2.05) is 31.2 Å². The highest BCUT2D eigenvalue weighted by Gasteiger charge is 2.25. The summed E-state index contributed by atoms with van der Waals surface area (Å²) in [5.74, 6) is -0.858. The lowest BCUT2D eigenvalue weighted by molar-refractivity contribution is -0.145. The molecule has 1 atom stereocenters. The van der Waals surface area contributed by atoms with E-state index in [4.69, 9.17) is 4.74 Å². The number of rotatable bonds is 6. The number of carboxylic acids is 1. The van der Waals surface area contributed by atoms with Crippen molar-refractivity contribution < 1.29 is 19.4 Å². The molecule has 2 aromatic carbocycles. The van der Waals surface area contributed by atoms with Crippen LogP contribution >= 0.6 is 11.8 Å². The SMILES string of the molecule is CCC(Oc1ccccc1/C=C1/SC(=Nc2ccc(C)cc2)NC1=O)C(=O)O. The van der Waals surface area contributed by atoms with Gasteiger partial charge in [0, 0.05) is 5.56 Å². The molecule has 1 fully saturated rings. The number of hydrogen-bond acceptors (Lipinski definition) is 5. The smallest absolute Gasteiger partial charge is 0.344 e. The van der Waals surface area contributed by atoms with Gasteiger partial charge >= 0.3 is 5.97 Å². The highest BCUT2D eigenvalue weighted by atomic mass is 32.2. The Labute approximate surface area is 167 Å². The number of carbonyl (C=O) groups excluding carboxylic acids is 1. The molecule has 0 aromatic heterocycles. The minimum absolute atomic E-state index is 0.254. The number of para-hydroxylation sites is 1. The number of nitrogens with zero attached hydrogens (tertiary/aromatic N) is 1. The third-order valence-corrected chi connectivity index (χ3v) is 4.95. The first-order valence-electron chi connectivity index (χ1n) is 8.81. The molecule has 1 aliphatic heterocycles. The summed E-state index contributed by atoms with van der Waals surface area (Å²) < 4.78 is 5.62. The average Bonchev–Trinajstić information content (AvgIpc) is 3.01. The van der Waals surface area contributed by atoms with Crippen molar-refractivity contribution in [1.82, 2.24) is 5.32 Å². The summed E-state index contributed by atoms with van der Waals surface area (Å²) in [6.07, 6.45) is 1.08. The Morgan fingerprint density at radius 1 is 1.25 bits per heavy atom. The normalized spacial score (nSPS) is 17.6. The van der Waals surface area contributed by atoms with Crippen LogP contribution in [0.25, 0.3) is 6.08 Å². The minimum atomic E-state index is -1.02. The van der Waals surface area contributed by atoms with Crippen molar-refractivity contribution in [2.75, 3.05) is 0 Å². The van der Waals surface area contributed by atoms with Crippen LogP contribution in [0.15, 0.2) is 58.4 Å². The van der Waals surface area contributed by atoms with E-state index in [0.717, 1.165) is 11.3 Å². The predicted octanol–water partition coefficient (Wildman–Crippen LogP) is 4.13. The second kappa shape index (κ2) is 8.75. The van der Waals surface area contributed by atoms with Crippen molar-refractivity contribution >= 4 is 40.6 Å². The molecule has 1 aliphatic rings. The first-order valence-corrected chi connectivity index (χ1v) is 9.62. The van der Waals surface area contributed by atoms with Gasteiger partial charge in [-0.05, 0) is 49.4 Å². The van der Waals surface area contributed by atoms with Crippen LogP contribution in [-0.4, -0.2) is 28.3 Å². The van der Waals surface area contributed by atoms with Crippen molar-refractivity contribution in [2.45, 2.75) is 26.4 Å². The van der Waals surface area contributed by atoms with Crippen molar-refractivity contribution in [3.05, 3.63) is 64.6 Å². The maximum Gasteiger partial charge on any atom is 0.344 e. The van der Waals surface area contributed by atoms with Gasteiger partial charge in [0.1, 0.15) is 5.75 Å². The third kappa shape index (κ3) is 4.80. The maximum absolute atomic E-state index is 12.3. The summed E-state index contributed by atoms with van der Waals surface area (Å²) in [4.78, 5) is 28.5. The van der Waals surface area contributed by atoms with E-state index >= 15 is 0 Å². The first kappa shape index (κ1) is 19.7. The second-order valence-corrected chi connectivity index (χ2v) is 7.24. The molecule has 0 aliphatic carbocycles. The maximum atomic E-state index is 12.3. The lowest BCUT2D eigenvalue weighted by atomic mass is 10.1. The molecular weight excluding hydrogens is 376 g/mol. The zero-order valence-corrected chi connectivity index (χ0v) is 16.3. The highest BCUT2D eigenvalue weighted by molar-refractivity contribution is 8.18. The summed E-state index contributed by atoms with van der Waals surface area (Å²) >= 11 is 1.23. The molecule has 6 nitrogen and oxygen atoms in total. The van der Waals surface area contributed by atoms with Crippen molar-refractivity contribution in [2.24, 2.45) is 4.99 Å². The summed E-state index contributed by atoms with van der Waals surface area (Å²) in [6.45, 7) is 3.74. The molecule has 2 aromatic rings. The molecule has 0 bridgehead atoms. The van der Waals surface area contributed by atoms with Gasteiger partial charge in [0.25, 0.3) is 5.91 Å². The van der Waals surface area contributed by atoms with Gasteiger partial charge in [-0.25, -0.2) is 9.79 Å². The lowest BCUT2D eigenvalue weighted by Gasteiger charge is -2.15. The zero-order valence-electron chi connectivity index (χ0n) is 15.5. The number of nitrogens with one attached hydrogen (secondary N) is 1. The number of carbonyl (C=O) groups is 2. The standard InChI is InChI=1S/C21H20N2O4S/c1-3-16(20(25)26)27-17-7-5-4-6-14(17)12-18-19(24)23-21(28-18)22-15-10-8-13(2)9-11-15/h4-12,16H,3H2,1-2H3,(H,25,26)(H,22,23,24)/b18-12+. The van der Waals surface area contributed by atoms with E-state index in [-0.39, 0.29) is 5.91 Å². The monoisotopic (exact) mass is 396 g/mol. The van der Waals surface area contributed by atoms with Gasteiger partial charge in [-0.1, -0.05) is 42.8 Å². The fourth-order valence-electron chi connectivity index (χ4n) is 2.53. The third-order valence-electron chi connectivity index (χ3n) is 4.04. The molecule has 0 spiro atoms. The number of amides is 1. The Morgan fingerprint density at radius 2 is 1.96 bits per heavy atom. The molecule has 1 heterocycles. The number of carboxylic acid groups (broad SMARTS) is 1. The molecule has 2 N–H and O–H groups in total. The molecule has 144 valence electrons. The number of aliphatic carboxylic acids is 1. The molecule has 1 amide bonds. The van der Waals surface area contributed by atoms with Gasteiger partial charge in [0.2, 0.25) is 0 Å². The summed E-state index contributed by atoms with van der Waals surface area (Å²) in [6, 6.07) is 14.7. The summed E-state index contributed by atoms with van der Waals surface area (Å²) in [5.41, 5.74) is 2.53. The number of aryl methyl sites for hydroxylation is 1. The minimum Gasteiger partial charge on any atom is -0.479 e. The molecule has 0 saturated carbocycles. The molecule has 1 unspecified atom stereocenters. The van der Waals surface area contributed by atoms with E-state index < -0.39 is 12.1 Å². The van der Waals surface area contributed by atoms with Crippen LogP contribution in [0.3, 0.4) is 0 Å². The molecule has 28 heavy (non-hydrogen) atoms. The fraction of sp³-hybridized carbons (Fsp3) is 0.190. The van der Waals surface area contributed by atoms with Gasteiger partial charge in [-0.2, -0.15) is 0 Å². The first-order chi connectivity index (χ1) is 13.5. The largest absolute Gasteiger partial charge is 0.479 e. The van der Waals surface area contributed by atoms with Crippen molar-refractivity contribution in [3.8, 4) is 5.75 Å². The number of ether oxygens (including phenoxy) is 1. The van der Waals surface area contributed by atoms with Crippen molar-refractivity contribution in [1.29, 1.82) is 0 Å². The van der Waals surface area contributed by atoms with Crippen LogP contribution in [0.2, 0.25) is 0 Å². The highest BCUT2D eigenvalue weighted by Crippen LogP contribution is 2.31. The van der Waals surface area contributed by atoms with E-state index in [9.17, 15) is 14.7 Å². The number of benzene rings is 2. The van der Waals surface area contributed by atoms with Gasteiger partial charge in [-0.3, -0.25) is 4.79 Å². The molecule has 1 saturated heterocycles. The van der Waals surface area contributed by atoms with Gasteiger partial charge in [0.05, 0.1) is 10.6 Å². The van der Waals surface area contributed by atoms with E-state index in [2.05, 4.69) is 10.3 Å². The van der Waals surface area contributed by atoms with Crippen LogP contribution in [0.4, 0.5) is 5.69 Å². The molecular formula is C21H20N2O4S. The number of thioether (sulfide) groups is 1. The number of hydrogen-bond donors (Lipinski definition) is 2. The van der Waals surface area contributed by atoms with Crippen LogP contribution in [0, 0.1) is 6.92 Å². The zero-order chi connectivity index (χ0) is 20.1. The Kier molecular flexibility index (Phi) is 6.16. The molecule has 3 rings (SSSR count). The van der Waals surface area contributed by atoms with Gasteiger partial charge in [0.15, 0.2) is 11.3 Å². The Balaban J connectivity index is 1.83. The van der Waals surface area contributed by atoms with E-state index in [1.165, 1.54) is 11.8 Å². The Hall–Kier alpha value is -3.06. The Morgan fingerprint density at radius 3 is 2.64 bits per heavy atom. The quantitative estimate of drug-likeness (QED) is 0.717. The lowest BCUT2D eigenvalue weighted by Crippen LogP contribution is -2.26. The molecule has 7 heteroatoms. The van der Waals surface area contributed by atoms with E-state index in [1.54, 1.807) is 37.3 Å².